The molecule has 0 aliphatic carbocycles. The molecular formula is C19H18N2O5. The highest BCUT2D eigenvalue weighted by molar-refractivity contribution is 6.01. The van der Waals surface area contributed by atoms with Gasteiger partial charge in [0.15, 0.2) is 0 Å². The van der Waals surface area contributed by atoms with Crippen LogP contribution in [0.5, 0.6) is 5.75 Å². The van der Waals surface area contributed by atoms with Gasteiger partial charge in [-0.15, -0.1) is 0 Å². The Labute approximate surface area is 150 Å². The van der Waals surface area contributed by atoms with E-state index in [4.69, 9.17) is 9.47 Å². The number of ether oxygens (including phenoxy) is 2. The van der Waals surface area contributed by atoms with Crippen LogP contribution in [-0.2, 0) is 16.1 Å². The third-order valence-electron chi connectivity index (χ3n) is 3.80. The second kappa shape index (κ2) is 8.15. The zero-order valence-corrected chi connectivity index (χ0v) is 14.0. The van der Waals surface area contributed by atoms with Crippen molar-refractivity contribution < 1.29 is 23.9 Å². The van der Waals surface area contributed by atoms with Gasteiger partial charge in [0.05, 0.1) is 18.7 Å². The number of benzene rings is 2. The van der Waals surface area contributed by atoms with Crippen LogP contribution in [0.2, 0.25) is 0 Å². The van der Waals surface area contributed by atoms with E-state index in [-0.39, 0.29) is 32.2 Å². The lowest BCUT2D eigenvalue weighted by atomic mass is 10.1. The molecule has 0 saturated carbocycles. The number of urea groups is 1. The maximum absolute atomic E-state index is 12.0. The number of nitrogens with zero attached hydrogens (tertiary/aromatic N) is 1. The Hall–Kier alpha value is -3.35. The average molecular weight is 354 g/mol. The molecule has 0 bridgehead atoms. The van der Waals surface area contributed by atoms with Gasteiger partial charge in [0.2, 0.25) is 5.91 Å². The first-order valence-electron chi connectivity index (χ1n) is 8.15. The summed E-state index contributed by atoms with van der Waals surface area (Å²) < 4.78 is 10.6. The maximum atomic E-state index is 12.0. The van der Waals surface area contributed by atoms with Gasteiger partial charge in [0.1, 0.15) is 19.0 Å². The zero-order valence-electron chi connectivity index (χ0n) is 14.0. The second-order valence-electron chi connectivity index (χ2n) is 5.63. The molecular weight excluding hydrogens is 336 g/mol. The number of hydrogen-bond acceptors (Lipinski definition) is 5. The number of carbonyl (C=O) groups is 3. The molecule has 134 valence electrons. The number of nitrogens with one attached hydrogen (secondary N) is 1. The minimum atomic E-state index is -0.455. The van der Waals surface area contributed by atoms with Crippen molar-refractivity contribution in [3.63, 3.8) is 0 Å². The standard InChI is InChI=1S/C19H18N2O5/c22-17-12-20-19(24)21(17)13-14-6-8-15(9-7-14)18(23)26-11-10-25-16-4-2-1-3-5-16/h1-9H,10-13H2,(H,20,24). The van der Waals surface area contributed by atoms with Gasteiger partial charge >= 0.3 is 12.0 Å². The summed E-state index contributed by atoms with van der Waals surface area (Å²) in [5.74, 6) is -0.00601. The quantitative estimate of drug-likeness (QED) is 0.467. The van der Waals surface area contributed by atoms with Crippen molar-refractivity contribution in [1.29, 1.82) is 0 Å². The lowest BCUT2D eigenvalue weighted by molar-refractivity contribution is -0.125. The second-order valence-corrected chi connectivity index (χ2v) is 5.63. The largest absolute Gasteiger partial charge is 0.490 e. The molecule has 0 radical (unpaired) electrons. The molecule has 1 aliphatic heterocycles. The summed E-state index contributed by atoms with van der Waals surface area (Å²) in [4.78, 5) is 36.2. The smallest absolute Gasteiger partial charge is 0.338 e. The molecule has 26 heavy (non-hydrogen) atoms. The van der Waals surface area contributed by atoms with Gasteiger partial charge in [0.25, 0.3) is 0 Å². The lowest BCUT2D eigenvalue weighted by Crippen LogP contribution is -2.30. The van der Waals surface area contributed by atoms with Gasteiger partial charge in [-0.1, -0.05) is 30.3 Å². The van der Waals surface area contributed by atoms with Crippen molar-refractivity contribution in [3.8, 4) is 5.75 Å². The molecule has 7 heteroatoms. The van der Waals surface area contributed by atoms with Crippen LogP contribution >= 0.6 is 0 Å². The summed E-state index contributed by atoms with van der Waals surface area (Å²) in [6.07, 6.45) is 0. The monoisotopic (exact) mass is 354 g/mol. The normalized spacial score (nSPS) is 13.5. The molecule has 1 fully saturated rings. The first kappa shape index (κ1) is 17.5. The molecule has 2 aromatic carbocycles. The molecule has 0 atom stereocenters. The van der Waals surface area contributed by atoms with Crippen LogP contribution in [0.3, 0.4) is 0 Å². The highest BCUT2D eigenvalue weighted by Gasteiger charge is 2.28. The van der Waals surface area contributed by atoms with E-state index in [2.05, 4.69) is 5.32 Å². The van der Waals surface area contributed by atoms with Gasteiger partial charge in [-0.25, -0.2) is 9.59 Å². The van der Waals surface area contributed by atoms with E-state index in [9.17, 15) is 14.4 Å². The molecule has 2 aromatic rings. The fraction of sp³-hybridized carbons (Fsp3) is 0.211. The van der Waals surface area contributed by atoms with E-state index in [1.54, 1.807) is 24.3 Å². The van der Waals surface area contributed by atoms with Crippen LogP contribution in [-0.4, -0.2) is 42.6 Å². The number of imide groups is 1. The third kappa shape index (κ3) is 4.38. The van der Waals surface area contributed by atoms with Crippen LogP contribution in [0, 0.1) is 0 Å². The molecule has 3 amide bonds. The number of amides is 3. The summed E-state index contributed by atoms with van der Waals surface area (Å²) in [5, 5.41) is 2.46. The summed E-state index contributed by atoms with van der Waals surface area (Å²) in [6.45, 7) is 0.594. The van der Waals surface area contributed by atoms with E-state index >= 15 is 0 Å². The molecule has 1 saturated heterocycles. The van der Waals surface area contributed by atoms with Crippen molar-refractivity contribution >= 4 is 17.9 Å². The topological polar surface area (TPSA) is 84.9 Å². The minimum absolute atomic E-state index is 0.0221. The van der Waals surface area contributed by atoms with Crippen molar-refractivity contribution in [2.24, 2.45) is 0 Å². The molecule has 0 spiro atoms. The van der Waals surface area contributed by atoms with Crippen molar-refractivity contribution in [3.05, 3.63) is 65.7 Å². The number of carbonyl (C=O) groups excluding carboxylic acids is 3. The highest BCUT2D eigenvalue weighted by Crippen LogP contribution is 2.12. The maximum Gasteiger partial charge on any atom is 0.338 e. The van der Waals surface area contributed by atoms with E-state index in [0.29, 0.717) is 11.3 Å². The minimum Gasteiger partial charge on any atom is -0.490 e. The molecule has 0 aromatic heterocycles. The Bertz CT molecular complexity index is 773. The van der Waals surface area contributed by atoms with Gasteiger partial charge in [0, 0.05) is 0 Å². The number of esters is 1. The Morgan fingerprint density at radius 2 is 1.73 bits per heavy atom. The fourth-order valence-corrected chi connectivity index (χ4v) is 2.44. The lowest BCUT2D eigenvalue weighted by Gasteiger charge is -2.12. The zero-order chi connectivity index (χ0) is 18.4. The van der Waals surface area contributed by atoms with Crippen LogP contribution in [0.4, 0.5) is 4.79 Å². The van der Waals surface area contributed by atoms with Crippen molar-refractivity contribution in [2.75, 3.05) is 19.8 Å². The molecule has 3 rings (SSSR count). The SMILES string of the molecule is O=C(OCCOc1ccccc1)c1ccc(CN2C(=O)CNC2=O)cc1. The Balaban J connectivity index is 1.46. The number of rotatable bonds is 7. The highest BCUT2D eigenvalue weighted by atomic mass is 16.6. The molecule has 1 N–H and O–H groups in total. The first-order chi connectivity index (χ1) is 12.6. The Kier molecular flexibility index (Phi) is 5.48. The number of para-hydroxylation sites is 1. The van der Waals surface area contributed by atoms with Crippen LogP contribution < -0.4 is 10.1 Å². The average Bonchev–Trinajstić information content (AvgIpc) is 2.98. The van der Waals surface area contributed by atoms with Crippen LogP contribution in [0.1, 0.15) is 15.9 Å². The van der Waals surface area contributed by atoms with E-state index in [1.165, 1.54) is 0 Å². The predicted octanol–water partition coefficient (Wildman–Crippen LogP) is 1.97. The van der Waals surface area contributed by atoms with Gasteiger partial charge < -0.3 is 14.8 Å². The first-order valence-corrected chi connectivity index (χ1v) is 8.15. The summed E-state index contributed by atoms with van der Waals surface area (Å²) in [5.41, 5.74) is 1.14. The van der Waals surface area contributed by atoms with Crippen molar-refractivity contribution in [2.45, 2.75) is 6.54 Å². The third-order valence-corrected chi connectivity index (χ3v) is 3.80. The van der Waals surface area contributed by atoms with Gasteiger partial charge in [-0.05, 0) is 29.8 Å². The van der Waals surface area contributed by atoms with Gasteiger partial charge in [-0.2, -0.15) is 0 Å². The predicted molar refractivity (Wildman–Crippen MR) is 92.6 cm³/mol. The van der Waals surface area contributed by atoms with E-state index < -0.39 is 12.0 Å². The molecule has 1 heterocycles. The summed E-state index contributed by atoms with van der Waals surface area (Å²) in [6, 6.07) is 15.5. The summed E-state index contributed by atoms with van der Waals surface area (Å²) >= 11 is 0. The van der Waals surface area contributed by atoms with Gasteiger partial charge in [-0.3, -0.25) is 9.69 Å². The summed E-state index contributed by atoms with van der Waals surface area (Å²) in [7, 11) is 0. The van der Waals surface area contributed by atoms with E-state index in [1.807, 2.05) is 30.3 Å². The van der Waals surface area contributed by atoms with Crippen LogP contribution in [0.15, 0.2) is 54.6 Å². The Morgan fingerprint density at radius 1 is 1.00 bits per heavy atom. The van der Waals surface area contributed by atoms with Crippen molar-refractivity contribution in [1.82, 2.24) is 10.2 Å². The molecule has 1 aliphatic rings. The number of hydrogen-bond donors (Lipinski definition) is 1. The van der Waals surface area contributed by atoms with E-state index in [0.717, 1.165) is 10.5 Å². The fourth-order valence-electron chi connectivity index (χ4n) is 2.44. The molecule has 7 nitrogen and oxygen atoms in total. The Morgan fingerprint density at radius 3 is 2.38 bits per heavy atom. The molecule has 0 unspecified atom stereocenters. The van der Waals surface area contributed by atoms with Crippen LogP contribution in [0.25, 0.3) is 0 Å².